The molecule has 0 spiro atoms. The molecular weight excluding hydrogens is 436 g/mol. The third kappa shape index (κ3) is 14.8. The van der Waals surface area contributed by atoms with Crippen LogP contribution >= 0.6 is 11.8 Å². The molecule has 192 valence electrons. The van der Waals surface area contributed by atoms with E-state index in [4.69, 9.17) is 10.2 Å². The zero-order chi connectivity index (χ0) is 24.3. The molecule has 1 aliphatic carbocycles. The summed E-state index contributed by atoms with van der Waals surface area (Å²) >= 11 is 1.65. The molecule has 0 bridgehead atoms. The van der Waals surface area contributed by atoms with Crippen LogP contribution in [-0.2, 0) is 9.59 Å². The van der Waals surface area contributed by atoms with E-state index in [1.54, 1.807) is 11.8 Å². The molecule has 1 fully saturated rings. The minimum atomic E-state index is -0.814. The van der Waals surface area contributed by atoms with Crippen LogP contribution in [0, 0.1) is 5.92 Å². The number of carboxylic acid groups (broad SMARTS) is 2. The van der Waals surface area contributed by atoms with Crippen LogP contribution in [-0.4, -0.2) is 44.4 Å². The molecule has 1 saturated carbocycles. The lowest BCUT2D eigenvalue weighted by molar-refractivity contribution is -0.138. The molecule has 0 aromatic heterocycles. The molecule has 1 rings (SSSR count). The first-order valence-electron chi connectivity index (χ1n) is 13.4. The number of aliphatic hydroxyl groups is 1. The predicted molar refractivity (Wildman–Crippen MR) is 138 cm³/mol. The second-order valence-corrected chi connectivity index (χ2v) is 10.9. The molecule has 3 N–H and O–H groups in total. The van der Waals surface area contributed by atoms with Crippen molar-refractivity contribution in [1.82, 2.24) is 0 Å². The Kier molecular flexibility index (Phi) is 17.6. The Bertz CT molecular complexity index is 563. The summed E-state index contributed by atoms with van der Waals surface area (Å²) in [6.45, 7) is 2.26. The van der Waals surface area contributed by atoms with Crippen molar-refractivity contribution in [1.29, 1.82) is 0 Å². The van der Waals surface area contributed by atoms with Gasteiger partial charge in [0, 0.05) is 12.8 Å². The zero-order valence-electron chi connectivity index (χ0n) is 20.8. The minimum Gasteiger partial charge on any atom is -0.481 e. The molecule has 33 heavy (non-hydrogen) atoms. The van der Waals surface area contributed by atoms with E-state index in [1.807, 2.05) is 0 Å². The van der Waals surface area contributed by atoms with Gasteiger partial charge < -0.3 is 15.3 Å². The highest BCUT2D eigenvalue weighted by Gasteiger charge is 2.35. The molecule has 0 aliphatic heterocycles. The normalized spacial score (nSPS) is 22.0. The van der Waals surface area contributed by atoms with Crippen LogP contribution < -0.4 is 0 Å². The molecule has 6 heteroatoms. The van der Waals surface area contributed by atoms with Crippen LogP contribution in [0.3, 0.4) is 0 Å². The molecule has 0 aromatic rings. The summed E-state index contributed by atoms with van der Waals surface area (Å²) in [4.78, 5) is 21.7. The minimum absolute atomic E-state index is 0.0113. The van der Waals surface area contributed by atoms with Gasteiger partial charge >= 0.3 is 11.9 Å². The highest BCUT2D eigenvalue weighted by molar-refractivity contribution is 8.00. The third-order valence-corrected chi connectivity index (χ3v) is 8.20. The molecular formula is C27H48O5S. The monoisotopic (exact) mass is 484 g/mol. The van der Waals surface area contributed by atoms with E-state index in [0.29, 0.717) is 18.6 Å². The Morgan fingerprint density at radius 2 is 1.45 bits per heavy atom. The van der Waals surface area contributed by atoms with Gasteiger partial charge in [-0.25, -0.2) is 0 Å². The molecule has 0 amide bonds. The smallest absolute Gasteiger partial charge is 0.303 e. The van der Waals surface area contributed by atoms with E-state index >= 15 is 0 Å². The van der Waals surface area contributed by atoms with Gasteiger partial charge in [-0.3, -0.25) is 9.59 Å². The lowest BCUT2D eigenvalue weighted by Crippen LogP contribution is -2.37. The molecule has 0 unspecified atom stereocenters. The molecule has 0 aromatic carbocycles. The first-order chi connectivity index (χ1) is 16.0. The van der Waals surface area contributed by atoms with Crippen molar-refractivity contribution in [2.24, 2.45) is 5.92 Å². The van der Waals surface area contributed by atoms with E-state index in [2.05, 4.69) is 13.0 Å². The number of allylic oxidation sites excluding steroid dienone is 1. The van der Waals surface area contributed by atoms with Crippen molar-refractivity contribution in [2.45, 2.75) is 134 Å². The van der Waals surface area contributed by atoms with Crippen molar-refractivity contribution in [3.8, 4) is 0 Å². The third-order valence-electron chi connectivity index (χ3n) is 6.74. The van der Waals surface area contributed by atoms with E-state index < -0.39 is 18.0 Å². The Hall–Kier alpha value is -1.01. The van der Waals surface area contributed by atoms with E-state index in [-0.39, 0.29) is 24.0 Å². The number of rotatable bonds is 20. The Morgan fingerprint density at radius 3 is 2.03 bits per heavy atom. The number of hydrogen-bond acceptors (Lipinski definition) is 4. The summed E-state index contributed by atoms with van der Waals surface area (Å²) in [6, 6.07) is 0. The van der Waals surface area contributed by atoms with Crippen molar-refractivity contribution >= 4 is 23.7 Å². The molecule has 5 nitrogen and oxygen atoms in total. The van der Waals surface area contributed by atoms with Gasteiger partial charge in [0.2, 0.25) is 0 Å². The van der Waals surface area contributed by atoms with Crippen molar-refractivity contribution < 1.29 is 24.9 Å². The van der Waals surface area contributed by atoms with Crippen LogP contribution in [0.1, 0.15) is 122 Å². The quantitative estimate of drug-likeness (QED) is 0.125. The van der Waals surface area contributed by atoms with Gasteiger partial charge in [-0.05, 0) is 50.2 Å². The van der Waals surface area contributed by atoms with Gasteiger partial charge in [-0.15, -0.1) is 0 Å². The maximum Gasteiger partial charge on any atom is 0.303 e. The fraction of sp³-hybridized carbons (Fsp3) is 0.852. The summed E-state index contributed by atoms with van der Waals surface area (Å²) in [5, 5.41) is 28.8. The largest absolute Gasteiger partial charge is 0.481 e. The second kappa shape index (κ2) is 19.3. The van der Waals surface area contributed by atoms with E-state index in [1.165, 1.54) is 76.2 Å². The van der Waals surface area contributed by atoms with Crippen molar-refractivity contribution in [2.75, 3.05) is 5.75 Å². The van der Waals surface area contributed by atoms with Gasteiger partial charge in [0.1, 0.15) is 0 Å². The molecule has 0 saturated heterocycles. The highest BCUT2D eigenvalue weighted by atomic mass is 32.2. The maximum absolute atomic E-state index is 11.0. The highest BCUT2D eigenvalue weighted by Crippen LogP contribution is 2.39. The number of unbranched alkanes of at least 4 members (excludes halogenated alkanes) is 11. The Morgan fingerprint density at radius 1 is 0.879 bits per heavy atom. The summed E-state index contributed by atoms with van der Waals surface area (Å²) in [5.41, 5.74) is 1.28. The average Bonchev–Trinajstić information content (AvgIpc) is 2.77. The average molecular weight is 485 g/mol. The van der Waals surface area contributed by atoms with Crippen LogP contribution in [0.2, 0.25) is 0 Å². The van der Waals surface area contributed by atoms with Gasteiger partial charge in [0.05, 0.1) is 11.4 Å². The number of carboxylic acids is 2. The number of hydrogen-bond donors (Lipinski definition) is 3. The Balaban J connectivity index is 2.36. The zero-order valence-corrected chi connectivity index (χ0v) is 21.6. The lowest BCUT2D eigenvalue weighted by atomic mass is 9.80. The number of aliphatic carboxylic acids is 2. The van der Waals surface area contributed by atoms with Gasteiger partial charge in [0.25, 0.3) is 0 Å². The van der Waals surface area contributed by atoms with Crippen molar-refractivity contribution in [3.63, 3.8) is 0 Å². The summed E-state index contributed by atoms with van der Waals surface area (Å²) in [7, 11) is 0. The Labute approximate surface area is 205 Å². The van der Waals surface area contributed by atoms with Crippen LogP contribution in [0.4, 0.5) is 0 Å². The number of thioether (sulfide) groups is 1. The summed E-state index contributed by atoms with van der Waals surface area (Å²) in [5.74, 6) is -0.885. The maximum atomic E-state index is 11.0. The lowest BCUT2D eigenvalue weighted by Gasteiger charge is -2.36. The predicted octanol–water partition coefficient (Wildman–Crippen LogP) is 7.22. The van der Waals surface area contributed by atoms with Gasteiger partial charge in [-0.1, -0.05) is 82.8 Å². The van der Waals surface area contributed by atoms with Crippen LogP contribution in [0.25, 0.3) is 0 Å². The molecule has 0 radical (unpaired) electrons. The second-order valence-electron chi connectivity index (χ2n) is 9.61. The number of aliphatic hydroxyl groups excluding tert-OH is 1. The SMILES string of the molecule is CCCCCCCCCCCCC/C=C1\CC[C@H](CCC(=O)O)[C@H](O)[C@H]1SCCCC(=O)O. The number of carbonyl (C=O) groups is 2. The first-order valence-corrected chi connectivity index (χ1v) is 14.4. The van der Waals surface area contributed by atoms with E-state index in [9.17, 15) is 14.7 Å². The van der Waals surface area contributed by atoms with Crippen molar-refractivity contribution in [3.05, 3.63) is 11.6 Å². The van der Waals surface area contributed by atoms with Crippen LogP contribution in [0.5, 0.6) is 0 Å². The first kappa shape index (κ1) is 30.0. The fourth-order valence-electron chi connectivity index (χ4n) is 4.71. The standard InChI is InChI=1S/C27H48O5S/c1-2-3-4-5-6-7-8-9-10-11-12-13-15-23-18-17-22(19-20-25(30)31)26(32)27(23)33-21-14-16-24(28)29/h15,22,26-27,32H,2-14,16-21H2,1H3,(H,28,29)(H,30,31)/b23-15+/t22-,26+,27+/m1/s1. The van der Waals surface area contributed by atoms with E-state index in [0.717, 1.165) is 19.3 Å². The summed E-state index contributed by atoms with van der Waals surface area (Å²) in [6.07, 6.45) is 20.5. The molecule has 1 aliphatic rings. The topological polar surface area (TPSA) is 94.8 Å². The summed E-state index contributed by atoms with van der Waals surface area (Å²) < 4.78 is 0. The van der Waals surface area contributed by atoms with Gasteiger partial charge in [0.15, 0.2) is 0 Å². The van der Waals surface area contributed by atoms with Gasteiger partial charge in [-0.2, -0.15) is 11.8 Å². The van der Waals surface area contributed by atoms with Crippen LogP contribution in [0.15, 0.2) is 11.6 Å². The fourth-order valence-corrected chi connectivity index (χ4v) is 6.12. The molecule has 3 atom stereocenters. The molecule has 0 heterocycles.